The Hall–Kier alpha value is -1.07. The van der Waals surface area contributed by atoms with E-state index in [0.29, 0.717) is 6.42 Å². The summed E-state index contributed by atoms with van der Waals surface area (Å²) in [7, 11) is 3.87. The lowest BCUT2D eigenvalue weighted by atomic mass is 10.2. The molecule has 0 aromatic heterocycles. The van der Waals surface area contributed by atoms with Crippen LogP contribution in [0.3, 0.4) is 0 Å². The fourth-order valence-corrected chi connectivity index (χ4v) is 1.85. The summed E-state index contributed by atoms with van der Waals surface area (Å²) < 4.78 is 0.930. The molecular formula is C12H18BrN3O. The van der Waals surface area contributed by atoms with E-state index in [1.54, 1.807) is 0 Å². The normalized spacial score (nSPS) is 12.1. The maximum Gasteiger partial charge on any atom is 0.225 e. The van der Waals surface area contributed by atoms with Crippen molar-refractivity contribution in [3.63, 3.8) is 0 Å². The smallest absolute Gasteiger partial charge is 0.225 e. The highest BCUT2D eigenvalue weighted by Gasteiger charge is 2.10. The van der Waals surface area contributed by atoms with Gasteiger partial charge in [0.1, 0.15) is 0 Å². The van der Waals surface area contributed by atoms with Gasteiger partial charge in [-0.15, -0.1) is 0 Å². The zero-order valence-corrected chi connectivity index (χ0v) is 11.9. The van der Waals surface area contributed by atoms with Crippen molar-refractivity contribution in [1.82, 2.24) is 0 Å². The Kier molecular flexibility index (Phi) is 4.96. The number of rotatable bonds is 4. The van der Waals surface area contributed by atoms with Crippen molar-refractivity contribution in [3.05, 3.63) is 22.7 Å². The average Bonchev–Trinajstić information content (AvgIpc) is 2.15. The first kappa shape index (κ1) is 14.0. The van der Waals surface area contributed by atoms with E-state index in [1.165, 1.54) is 0 Å². The fraction of sp³-hybridized carbons (Fsp3) is 0.417. The highest BCUT2D eigenvalue weighted by Crippen LogP contribution is 2.28. The van der Waals surface area contributed by atoms with Gasteiger partial charge in [-0.3, -0.25) is 4.79 Å². The third kappa shape index (κ3) is 4.36. The van der Waals surface area contributed by atoms with E-state index in [1.807, 2.05) is 44.1 Å². The van der Waals surface area contributed by atoms with Crippen LogP contribution in [0.25, 0.3) is 0 Å². The van der Waals surface area contributed by atoms with Gasteiger partial charge in [-0.1, -0.05) is 15.9 Å². The zero-order chi connectivity index (χ0) is 13.0. The van der Waals surface area contributed by atoms with E-state index in [9.17, 15) is 4.79 Å². The van der Waals surface area contributed by atoms with Crippen LogP contribution in [0.1, 0.15) is 13.3 Å². The Bertz CT molecular complexity index is 405. The summed E-state index contributed by atoms with van der Waals surface area (Å²) in [5, 5.41) is 2.87. The van der Waals surface area contributed by atoms with Crippen LogP contribution in [0.15, 0.2) is 22.7 Å². The number of amides is 1. The minimum atomic E-state index is -0.134. The summed E-state index contributed by atoms with van der Waals surface area (Å²) in [6.45, 7) is 1.81. The zero-order valence-electron chi connectivity index (χ0n) is 10.3. The van der Waals surface area contributed by atoms with Crippen molar-refractivity contribution in [2.24, 2.45) is 5.73 Å². The number of nitrogens with zero attached hydrogens (tertiary/aromatic N) is 1. The third-order valence-corrected chi connectivity index (χ3v) is 2.72. The lowest BCUT2D eigenvalue weighted by molar-refractivity contribution is -0.116. The first-order chi connectivity index (χ1) is 7.90. The van der Waals surface area contributed by atoms with Crippen LogP contribution in [0.4, 0.5) is 11.4 Å². The first-order valence-corrected chi connectivity index (χ1v) is 6.21. The van der Waals surface area contributed by atoms with Crippen molar-refractivity contribution in [2.45, 2.75) is 19.4 Å². The summed E-state index contributed by atoms with van der Waals surface area (Å²) in [5.41, 5.74) is 7.35. The summed E-state index contributed by atoms with van der Waals surface area (Å²) in [6, 6.07) is 5.64. The summed E-state index contributed by atoms with van der Waals surface area (Å²) in [4.78, 5) is 13.6. The molecule has 1 rings (SSSR count). The van der Waals surface area contributed by atoms with Gasteiger partial charge in [0.2, 0.25) is 5.91 Å². The van der Waals surface area contributed by atoms with Crippen LogP contribution in [0.5, 0.6) is 0 Å². The molecule has 0 aliphatic heterocycles. The van der Waals surface area contributed by atoms with Crippen molar-refractivity contribution in [3.8, 4) is 0 Å². The van der Waals surface area contributed by atoms with E-state index in [2.05, 4.69) is 21.2 Å². The number of anilines is 2. The third-order valence-electron chi connectivity index (χ3n) is 2.22. The van der Waals surface area contributed by atoms with E-state index >= 15 is 0 Å². The molecule has 1 unspecified atom stereocenters. The van der Waals surface area contributed by atoms with Gasteiger partial charge in [0, 0.05) is 31.0 Å². The second-order valence-electron chi connectivity index (χ2n) is 4.29. The van der Waals surface area contributed by atoms with Crippen molar-refractivity contribution >= 4 is 33.2 Å². The minimum absolute atomic E-state index is 0.0683. The Labute approximate surface area is 110 Å². The molecule has 5 heteroatoms. The molecular weight excluding hydrogens is 282 g/mol. The molecule has 0 fully saturated rings. The van der Waals surface area contributed by atoms with Gasteiger partial charge in [-0.25, -0.2) is 0 Å². The van der Waals surface area contributed by atoms with Crippen LogP contribution in [0, 0.1) is 0 Å². The standard InChI is InChI=1S/C12H18BrN3O/c1-8(14)6-12(17)15-10-7-9(13)4-5-11(10)16(2)3/h4-5,7-8H,6,14H2,1-3H3,(H,15,17). The number of nitrogens with one attached hydrogen (secondary N) is 1. The van der Waals surface area contributed by atoms with Gasteiger partial charge >= 0.3 is 0 Å². The molecule has 0 aliphatic carbocycles. The van der Waals surface area contributed by atoms with Crippen LogP contribution < -0.4 is 16.0 Å². The van der Waals surface area contributed by atoms with Crippen LogP contribution in [-0.4, -0.2) is 26.0 Å². The topological polar surface area (TPSA) is 58.4 Å². The summed E-state index contributed by atoms with van der Waals surface area (Å²) in [6.07, 6.45) is 0.319. The molecule has 4 nitrogen and oxygen atoms in total. The highest BCUT2D eigenvalue weighted by atomic mass is 79.9. The molecule has 0 spiro atoms. The molecule has 0 saturated carbocycles. The molecule has 1 amide bonds. The summed E-state index contributed by atoms with van der Waals surface area (Å²) >= 11 is 3.39. The SMILES string of the molecule is CC(N)CC(=O)Nc1cc(Br)ccc1N(C)C. The Morgan fingerprint density at radius 1 is 1.53 bits per heavy atom. The maximum atomic E-state index is 11.7. The number of carbonyl (C=O) groups excluding carboxylic acids is 1. The number of hydrogen-bond acceptors (Lipinski definition) is 3. The molecule has 0 aliphatic rings. The lowest BCUT2D eigenvalue weighted by Gasteiger charge is -2.18. The van der Waals surface area contributed by atoms with Gasteiger partial charge in [-0.05, 0) is 25.1 Å². The highest BCUT2D eigenvalue weighted by molar-refractivity contribution is 9.10. The maximum absolute atomic E-state index is 11.7. The number of halogens is 1. The molecule has 0 saturated heterocycles. The largest absolute Gasteiger partial charge is 0.376 e. The molecule has 1 aromatic rings. The fourth-order valence-electron chi connectivity index (χ4n) is 1.49. The first-order valence-electron chi connectivity index (χ1n) is 5.42. The summed E-state index contributed by atoms with van der Waals surface area (Å²) in [5.74, 6) is -0.0683. The van der Waals surface area contributed by atoms with Gasteiger partial charge in [0.15, 0.2) is 0 Å². The van der Waals surface area contributed by atoms with E-state index in [4.69, 9.17) is 5.73 Å². The molecule has 94 valence electrons. The Morgan fingerprint density at radius 3 is 2.71 bits per heavy atom. The molecule has 0 radical (unpaired) electrons. The monoisotopic (exact) mass is 299 g/mol. The van der Waals surface area contributed by atoms with E-state index in [0.717, 1.165) is 15.8 Å². The molecule has 1 aromatic carbocycles. The van der Waals surface area contributed by atoms with E-state index < -0.39 is 0 Å². The van der Waals surface area contributed by atoms with Crippen LogP contribution in [-0.2, 0) is 4.79 Å². The number of nitrogens with two attached hydrogens (primary N) is 1. The average molecular weight is 300 g/mol. The Morgan fingerprint density at radius 2 is 2.18 bits per heavy atom. The molecule has 17 heavy (non-hydrogen) atoms. The number of carbonyl (C=O) groups is 1. The van der Waals surface area contributed by atoms with Crippen LogP contribution in [0.2, 0.25) is 0 Å². The lowest BCUT2D eigenvalue weighted by Crippen LogP contribution is -2.24. The second kappa shape index (κ2) is 6.02. The molecule has 0 bridgehead atoms. The molecule has 3 N–H and O–H groups in total. The minimum Gasteiger partial charge on any atom is -0.376 e. The van der Waals surface area contributed by atoms with Gasteiger partial charge in [0.25, 0.3) is 0 Å². The molecule has 0 heterocycles. The van der Waals surface area contributed by atoms with Crippen molar-refractivity contribution < 1.29 is 4.79 Å². The van der Waals surface area contributed by atoms with Gasteiger partial charge < -0.3 is 16.0 Å². The predicted octanol–water partition coefficient (Wildman–Crippen LogP) is 2.19. The van der Waals surface area contributed by atoms with Crippen molar-refractivity contribution in [2.75, 3.05) is 24.3 Å². The van der Waals surface area contributed by atoms with Crippen molar-refractivity contribution in [1.29, 1.82) is 0 Å². The van der Waals surface area contributed by atoms with Crippen LogP contribution >= 0.6 is 15.9 Å². The molecule has 1 atom stereocenters. The Balaban J connectivity index is 2.88. The van der Waals surface area contributed by atoms with E-state index in [-0.39, 0.29) is 11.9 Å². The van der Waals surface area contributed by atoms with Gasteiger partial charge in [-0.2, -0.15) is 0 Å². The number of hydrogen-bond donors (Lipinski definition) is 2. The number of benzene rings is 1. The predicted molar refractivity (Wildman–Crippen MR) is 75.4 cm³/mol. The second-order valence-corrected chi connectivity index (χ2v) is 5.20. The quantitative estimate of drug-likeness (QED) is 0.896. The van der Waals surface area contributed by atoms with Gasteiger partial charge in [0.05, 0.1) is 11.4 Å².